The number of hydrogen-bond donors (Lipinski definition) is 3. The van der Waals surface area contributed by atoms with Crippen LogP contribution in [0.25, 0.3) is 0 Å². The van der Waals surface area contributed by atoms with Gasteiger partial charge in [-0.1, -0.05) is 42.5 Å². The maximum atomic E-state index is 10.1. The lowest BCUT2D eigenvalue weighted by Crippen LogP contribution is -2.01. The van der Waals surface area contributed by atoms with Crippen LogP contribution in [0.5, 0.6) is 11.5 Å². The number of hydrogen-bond acceptors (Lipinski definition) is 5. The third-order valence-corrected chi connectivity index (χ3v) is 3.34. The molecule has 0 unspecified atom stereocenters. The van der Waals surface area contributed by atoms with Crippen molar-refractivity contribution in [2.75, 3.05) is 5.43 Å². The normalized spacial score (nSPS) is 11.6. The summed E-state index contributed by atoms with van der Waals surface area (Å²) in [5.41, 5.74) is 4.39. The van der Waals surface area contributed by atoms with Gasteiger partial charge in [0.05, 0.1) is 11.3 Å². The minimum Gasteiger partial charge on any atom is -0.507 e. The molecule has 0 amide bonds. The Morgan fingerprint density at radius 3 is 2.08 bits per heavy atom. The van der Waals surface area contributed by atoms with E-state index >= 15 is 0 Å². The molecular formula is C19H16N4O2. The molecular weight excluding hydrogens is 316 g/mol. The van der Waals surface area contributed by atoms with Gasteiger partial charge in [0.25, 0.3) is 0 Å². The summed E-state index contributed by atoms with van der Waals surface area (Å²) in [5, 5.41) is 32.2. The van der Waals surface area contributed by atoms with E-state index in [-0.39, 0.29) is 17.3 Å². The highest BCUT2D eigenvalue weighted by molar-refractivity contribution is 6.01. The van der Waals surface area contributed by atoms with E-state index in [9.17, 15) is 10.2 Å². The van der Waals surface area contributed by atoms with Gasteiger partial charge in [-0.25, -0.2) is 0 Å². The van der Waals surface area contributed by atoms with Crippen LogP contribution in [0, 0.1) is 0 Å². The molecule has 0 fully saturated rings. The molecule has 0 aliphatic carbocycles. The Kier molecular flexibility index (Phi) is 5.01. The number of amidine groups is 1. The zero-order valence-corrected chi connectivity index (χ0v) is 13.2. The second-order valence-corrected chi connectivity index (χ2v) is 5.12. The SMILES string of the molecule is Oc1ccccc1N=N/C(=N/Nc1ccccc1)c1ccccc1O. The van der Waals surface area contributed by atoms with Crippen molar-refractivity contribution in [1.29, 1.82) is 0 Å². The zero-order chi connectivity index (χ0) is 17.5. The molecule has 0 heterocycles. The summed E-state index contributed by atoms with van der Waals surface area (Å²) in [6.45, 7) is 0. The second kappa shape index (κ2) is 7.74. The van der Waals surface area contributed by atoms with Gasteiger partial charge in [-0.3, -0.25) is 5.43 Å². The average molecular weight is 332 g/mol. The van der Waals surface area contributed by atoms with E-state index in [1.54, 1.807) is 42.5 Å². The number of anilines is 1. The van der Waals surface area contributed by atoms with Gasteiger partial charge >= 0.3 is 0 Å². The van der Waals surface area contributed by atoms with Crippen molar-refractivity contribution in [2.45, 2.75) is 0 Å². The molecule has 0 bridgehead atoms. The molecule has 6 nitrogen and oxygen atoms in total. The number of benzene rings is 3. The van der Waals surface area contributed by atoms with Gasteiger partial charge in [-0.2, -0.15) is 5.10 Å². The van der Waals surface area contributed by atoms with Crippen molar-refractivity contribution in [3.05, 3.63) is 84.4 Å². The number of nitrogens with zero attached hydrogens (tertiary/aromatic N) is 3. The smallest absolute Gasteiger partial charge is 0.204 e. The Labute approximate surface area is 144 Å². The van der Waals surface area contributed by atoms with Crippen LogP contribution in [-0.2, 0) is 0 Å². The van der Waals surface area contributed by atoms with Gasteiger partial charge in [0, 0.05) is 0 Å². The number of phenolic OH excluding ortho intramolecular Hbond substituents is 2. The van der Waals surface area contributed by atoms with E-state index in [0.29, 0.717) is 11.3 Å². The number of para-hydroxylation sites is 3. The van der Waals surface area contributed by atoms with Crippen LogP contribution >= 0.6 is 0 Å². The van der Waals surface area contributed by atoms with Gasteiger partial charge in [0.1, 0.15) is 17.2 Å². The monoisotopic (exact) mass is 332 g/mol. The predicted octanol–water partition coefficient (Wildman–Crippen LogP) is 4.66. The minimum absolute atomic E-state index is 0.0129. The summed E-state index contributed by atoms with van der Waals surface area (Å²) >= 11 is 0. The van der Waals surface area contributed by atoms with Crippen LogP contribution < -0.4 is 5.43 Å². The first-order valence-corrected chi connectivity index (χ1v) is 7.61. The highest BCUT2D eigenvalue weighted by Crippen LogP contribution is 2.26. The third-order valence-electron chi connectivity index (χ3n) is 3.34. The third kappa shape index (κ3) is 4.20. The number of hydrazone groups is 1. The first kappa shape index (κ1) is 16.2. The second-order valence-electron chi connectivity index (χ2n) is 5.12. The number of aromatic hydroxyl groups is 2. The molecule has 0 atom stereocenters. The zero-order valence-electron chi connectivity index (χ0n) is 13.2. The van der Waals surface area contributed by atoms with E-state index in [4.69, 9.17) is 0 Å². The maximum Gasteiger partial charge on any atom is 0.204 e. The van der Waals surface area contributed by atoms with E-state index in [2.05, 4.69) is 20.8 Å². The topological polar surface area (TPSA) is 89.6 Å². The lowest BCUT2D eigenvalue weighted by molar-refractivity contribution is 0.474. The van der Waals surface area contributed by atoms with Gasteiger partial charge in [-0.15, -0.1) is 10.2 Å². The first-order valence-electron chi connectivity index (χ1n) is 7.61. The van der Waals surface area contributed by atoms with Crippen molar-refractivity contribution in [2.24, 2.45) is 15.3 Å². The van der Waals surface area contributed by atoms with E-state index in [0.717, 1.165) is 5.69 Å². The first-order chi connectivity index (χ1) is 12.2. The summed E-state index contributed by atoms with van der Waals surface area (Å²) in [5.74, 6) is 0.233. The largest absolute Gasteiger partial charge is 0.507 e. The van der Waals surface area contributed by atoms with E-state index in [1.165, 1.54) is 6.07 Å². The molecule has 0 aliphatic rings. The Morgan fingerprint density at radius 1 is 0.720 bits per heavy atom. The number of nitrogens with one attached hydrogen (secondary N) is 1. The van der Waals surface area contributed by atoms with Crippen LogP contribution in [0.15, 0.2) is 94.2 Å². The molecule has 0 aromatic heterocycles. The van der Waals surface area contributed by atoms with Crippen LogP contribution in [0.2, 0.25) is 0 Å². The fraction of sp³-hybridized carbons (Fsp3) is 0. The van der Waals surface area contributed by atoms with Gasteiger partial charge < -0.3 is 10.2 Å². The summed E-state index contributed by atoms with van der Waals surface area (Å²) in [6, 6.07) is 22.7. The summed E-state index contributed by atoms with van der Waals surface area (Å²) < 4.78 is 0. The number of phenols is 2. The molecule has 3 aromatic carbocycles. The highest BCUT2D eigenvalue weighted by Gasteiger charge is 2.09. The molecule has 25 heavy (non-hydrogen) atoms. The van der Waals surface area contributed by atoms with Gasteiger partial charge in [0.2, 0.25) is 5.84 Å². The quantitative estimate of drug-likeness (QED) is 0.281. The minimum atomic E-state index is 0.0129. The summed E-state index contributed by atoms with van der Waals surface area (Å²) in [4.78, 5) is 0. The number of azo groups is 1. The van der Waals surface area contributed by atoms with E-state index in [1.807, 2.05) is 30.3 Å². The molecule has 3 rings (SSSR count). The molecule has 0 aliphatic heterocycles. The molecule has 0 radical (unpaired) electrons. The molecule has 3 aromatic rings. The van der Waals surface area contributed by atoms with Crippen molar-refractivity contribution in [3.8, 4) is 11.5 Å². The molecule has 6 heteroatoms. The van der Waals surface area contributed by atoms with Gasteiger partial charge in [-0.05, 0) is 36.4 Å². The Balaban J connectivity index is 1.95. The number of rotatable bonds is 4. The summed E-state index contributed by atoms with van der Waals surface area (Å²) in [6.07, 6.45) is 0. The Morgan fingerprint density at radius 2 is 1.36 bits per heavy atom. The average Bonchev–Trinajstić information content (AvgIpc) is 2.65. The van der Waals surface area contributed by atoms with Crippen molar-refractivity contribution in [1.82, 2.24) is 0 Å². The lowest BCUT2D eigenvalue weighted by Gasteiger charge is -2.05. The predicted molar refractivity (Wildman–Crippen MR) is 97.3 cm³/mol. The molecule has 3 N–H and O–H groups in total. The Bertz CT molecular complexity index is 908. The Hall–Kier alpha value is -3.67. The van der Waals surface area contributed by atoms with E-state index < -0.39 is 0 Å². The summed E-state index contributed by atoms with van der Waals surface area (Å²) in [7, 11) is 0. The van der Waals surface area contributed by atoms with Crippen LogP contribution in [-0.4, -0.2) is 16.0 Å². The van der Waals surface area contributed by atoms with Crippen molar-refractivity contribution >= 4 is 17.2 Å². The molecule has 0 saturated carbocycles. The van der Waals surface area contributed by atoms with Crippen molar-refractivity contribution < 1.29 is 10.2 Å². The van der Waals surface area contributed by atoms with Crippen molar-refractivity contribution in [3.63, 3.8) is 0 Å². The molecule has 0 spiro atoms. The standard InChI is InChI=1S/C19H16N4O2/c24-17-12-6-4-10-15(17)19(22-20-14-8-2-1-3-9-14)23-21-16-11-5-7-13-18(16)25/h1-13,20,24-25H/b22-19+,23-21?. The molecule has 0 saturated heterocycles. The lowest BCUT2D eigenvalue weighted by atomic mass is 10.2. The maximum absolute atomic E-state index is 10.1. The van der Waals surface area contributed by atoms with Crippen LogP contribution in [0.1, 0.15) is 5.56 Å². The fourth-order valence-electron chi connectivity index (χ4n) is 2.08. The fourth-order valence-corrected chi connectivity index (χ4v) is 2.08. The highest BCUT2D eigenvalue weighted by atomic mass is 16.3. The van der Waals surface area contributed by atoms with Gasteiger partial charge in [0.15, 0.2) is 0 Å². The molecule has 124 valence electrons. The van der Waals surface area contributed by atoms with Crippen LogP contribution in [0.4, 0.5) is 11.4 Å². The van der Waals surface area contributed by atoms with Crippen LogP contribution in [0.3, 0.4) is 0 Å².